The van der Waals surface area contributed by atoms with E-state index < -0.39 is 28.5 Å². The fraction of sp³-hybridized carbons (Fsp3) is 0.391. The zero-order chi connectivity index (χ0) is 24.7. The molecule has 1 heterocycles. The molecule has 0 unspecified atom stereocenters. The molecule has 1 N–H and O–H groups in total. The summed E-state index contributed by atoms with van der Waals surface area (Å²) in [5.74, 6) is -0.344. The number of rotatable bonds is 9. The topological polar surface area (TPSA) is 120 Å². The largest absolute Gasteiger partial charge is 0.497 e. The molecule has 34 heavy (non-hydrogen) atoms. The highest BCUT2D eigenvalue weighted by Crippen LogP contribution is 2.30. The van der Waals surface area contributed by atoms with Crippen LogP contribution in [0.4, 0.5) is 5.69 Å². The molecule has 1 aliphatic heterocycles. The third kappa shape index (κ3) is 5.97. The van der Waals surface area contributed by atoms with Crippen LogP contribution in [-0.2, 0) is 19.6 Å². The summed E-state index contributed by atoms with van der Waals surface area (Å²) in [5, 5.41) is 2.56. The third-order valence-electron chi connectivity index (χ3n) is 5.32. The van der Waals surface area contributed by atoms with Crippen molar-refractivity contribution in [1.82, 2.24) is 4.31 Å². The molecule has 1 amide bonds. The van der Waals surface area contributed by atoms with Crippen molar-refractivity contribution >= 4 is 27.6 Å². The van der Waals surface area contributed by atoms with Crippen molar-refractivity contribution in [3.05, 3.63) is 42.0 Å². The summed E-state index contributed by atoms with van der Waals surface area (Å²) in [4.78, 5) is 24.9. The van der Waals surface area contributed by atoms with Gasteiger partial charge < -0.3 is 24.3 Å². The van der Waals surface area contributed by atoms with E-state index in [1.54, 1.807) is 6.07 Å². The summed E-state index contributed by atoms with van der Waals surface area (Å²) in [6, 6.07) is 8.77. The number of hydrogen-bond donors (Lipinski definition) is 1. The zero-order valence-corrected chi connectivity index (χ0v) is 20.1. The molecule has 0 aliphatic carbocycles. The summed E-state index contributed by atoms with van der Waals surface area (Å²) in [6.07, 6.45) is 2.62. The summed E-state index contributed by atoms with van der Waals surface area (Å²) in [7, 11) is 0.597. The van der Waals surface area contributed by atoms with Crippen LogP contribution < -0.4 is 19.5 Å². The first kappa shape index (κ1) is 25.3. The monoisotopic (exact) mass is 492 g/mol. The number of ether oxygens (including phenoxy) is 4. The molecule has 0 radical (unpaired) electrons. The van der Waals surface area contributed by atoms with Crippen LogP contribution in [0.15, 0.2) is 41.3 Å². The van der Waals surface area contributed by atoms with Gasteiger partial charge in [0.25, 0.3) is 5.91 Å². The minimum Gasteiger partial charge on any atom is -0.497 e. The second kappa shape index (κ2) is 11.2. The number of esters is 1. The highest BCUT2D eigenvalue weighted by atomic mass is 32.2. The number of carbonyl (C=O) groups is 2. The number of nitrogens with one attached hydrogen (secondary N) is 1. The molecule has 2 aromatic rings. The summed E-state index contributed by atoms with van der Waals surface area (Å²) >= 11 is 0. The maximum atomic E-state index is 13.0. The first-order valence-corrected chi connectivity index (χ1v) is 12.1. The van der Waals surface area contributed by atoms with Gasteiger partial charge in [-0.15, -0.1) is 0 Å². The van der Waals surface area contributed by atoms with Crippen molar-refractivity contribution < 1.29 is 37.0 Å². The predicted molar refractivity (Wildman–Crippen MR) is 124 cm³/mol. The van der Waals surface area contributed by atoms with Gasteiger partial charge in [0, 0.05) is 19.2 Å². The molecule has 1 fully saturated rings. The summed E-state index contributed by atoms with van der Waals surface area (Å²) < 4.78 is 48.0. The van der Waals surface area contributed by atoms with Crippen LogP contribution in [0.1, 0.15) is 29.6 Å². The summed E-state index contributed by atoms with van der Waals surface area (Å²) in [5.41, 5.74) is 0.306. The molecule has 10 nitrogen and oxygen atoms in total. The van der Waals surface area contributed by atoms with Gasteiger partial charge in [-0.2, -0.15) is 4.31 Å². The lowest BCUT2D eigenvalue weighted by atomic mass is 10.2. The van der Waals surface area contributed by atoms with E-state index in [2.05, 4.69) is 5.32 Å². The van der Waals surface area contributed by atoms with Crippen LogP contribution >= 0.6 is 0 Å². The molecular formula is C23H28N2O8S. The van der Waals surface area contributed by atoms with E-state index in [0.717, 1.165) is 19.3 Å². The second-order valence-corrected chi connectivity index (χ2v) is 9.49. The molecule has 0 aromatic heterocycles. The molecular weight excluding hydrogens is 464 g/mol. The fourth-order valence-electron chi connectivity index (χ4n) is 3.53. The summed E-state index contributed by atoms with van der Waals surface area (Å²) in [6.45, 7) is 0.326. The van der Waals surface area contributed by atoms with E-state index >= 15 is 0 Å². The van der Waals surface area contributed by atoms with Crippen molar-refractivity contribution in [2.24, 2.45) is 0 Å². The molecule has 11 heteroatoms. The Hall–Kier alpha value is -3.31. The SMILES string of the molecule is COc1cc(OC)cc(C(=O)OCC(=O)Nc2cc(S(=O)(=O)N3CCCCC3)ccc2OC)c1. The Balaban J connectivity index is 1.70. The van der Waals surface area contributed by atoms with Gasteiger partial charge in [0.15, 0.2) is 6.61 Å². The van der Waals surface area contributed by atoms with Crippen LogP contribution in [0.2, 0.25) is 0 Å². The van der Waals surface area contributed by atoms with Crippen molar-refractivity contribution in [2.45, 2.75) is 24.2 Å². The Labute approximate surface area is 198 Å². The Kier molecular flexibility index (Phi) is 8.35. The first-order valence-electron chi connectivity index (χ1n) is 10.7. The molecule has 1 aliphatic rings. The van der Waals surface area contributed by atoms with Crippen LogP contribution in [0.25, 0.3) is 0 Å². The lowest BCUT2D eigenvalue weighted by molar-refractivity contribution is -0.119. The van der Waals surface area contributed by atoms with Gasteiger partial charge >= 0.3 is 5.97 Å². The van der Waals surface area contributed by atoms with Crippen LogP contribution in [0.3, 0.4) is 0 Å². The first-order chi connectivity index (χ1) is 16.3. The van der Waals surface area contributed by atoms with Crippen molar-refractivity contribution in [3.63, 3.8) is 0 Å². The minimum atomic E-state index is -3.70. The fourth-order valence-corrected chi connectivity index (χ4v) is 5.07. The van der Waals surface area contributed by atoms with Crippen molar-refractivity contribution in [3.8, 4) is 17.2 Å². The number of hydrogen-bond acceptors (Lipinski definition) is 8. The maximum absolute atomic E-state index is 13.0. The molecule has 0 saturated carbocycles. The number of nitrogens with zero attached hydrogens (tertiary/aromatic N) is 1. The van der Waals surface area contributed by atoms with Crippen molar-refractivity contribution in [2.75, 3.05) is 46.3 Å². The van der Waals surface area contributed by atoms with E-state index in [9.17, 15) is 18.0 Å². The maximum Gasteiger partial charge on any atom is 0.338 e. The van der Waals surface area contributed by atoms with Crippen LogP contribution in [0.5, 0.6) is 17.2 Å². The molecule has 1 saturated heterocycles. The van der Waals surface area contributed by atoms with Gasteiger partial charge in [0.1, 0.15) is 17.2 Å². The standard InChI is InChI=1S/C23H28N2O8S/c1-30-17-11-16(12-18(13-17)31-2)23(27)33-15-22(26)24-20-14-19(7-8-21(20)32-3)34(28,29)25-9-5-4-6-10-25/h7-8,11-14H,4-6,9-10,15H2,1-3H3,(H,24,26). The van der Waals surface area contributed by atoms with Crippen LogP contribution in [0, 0.1) is 0 Å². The zero-order valence-electron chi connectivity index (χ0n) is 19.3. The van der Waals surface area contributed by atoms with E-state index in [1.165, 1.54) is 56.0 Å². The number of carbonyl (C=O) groups excluding carboxylic acids is 2. The molecule has 3 rings (SSSR count). The van der Waals surface area contributed by atoms with Gasteiger partial charge in [0.2, 0.25) is 10.0 Å². The average Bonchev–Trinajstić information content (AvgIpc) is 2.87. The quantitative estimate of drug-likeness (QED) is 0.531. The molecule has 2 aromatic carbocycles. The lowest BCUT2D eigenvalue weighted by Crippen LogP contribution is -2.35. The number of amides is 1. The Bertz CT molecular complexity index is 1120. The van der Waals surface area contributed by atoms with Crippen LogP contribution in [-0.4, -0.2) is 65.6 Å². The molecule has 184 valence electrons. The van der Waals surface area contributed by atoms with E-state index in [-0.39, 0.29) is 21.9 Å². The Morgan fingerprint density at radius 3 is 2.15 bits per heavy atom. The van der Waals surface area contributed by atoms with Gasteiger partial charge in [-0.3, -0.25) is 4.79 Å². The second-order valence-electron chi connectivity index (χ2n) is 7.55. The molecule has 0 bridgehead atoms. The normalized spacial score (nSPS) is 14.2. The molecule has 0 atom stereocenters. The van der Waals surface area contributed by atoms with E-state index in [0.29, 0.717) is 24.6 Å². The predicted octanol–water partition coefficient (Wildman–Crippen LogP) is 2.68. The number of sulfonamides is 1. The number of piperidine rings is 1. The Morgan fingerprint density at radius 1 is 0.912 bits per heavy atom. The number of anilines is 1. The number of methoxy groups -OCH3 is 3. The van der Waals surface area contributed by atoms with Gasteiger partial charge in [-0.05, 0) is 43.2 Å². The average molecular weight is 493 g/mol. The number of benzene rings is 2. The highest BCUT2D eigenvalue weighted by molar-refractivity contribution is 7.89. The third-order valence-corrected chi connectivity index (χ3v) is 7.21. The smallest absolute Gasteiger partial charge is 0.338 e. The highest BCUT2D eigenvalue weighted by Gasteiger charge is 2.27. The van der Waals surface area contributed by atoms with Gasteiger partial charge in [0.05, 0.1) is 37.5 Å². The van der Waals surface area contributed by atoms with Gasteiger partial charge in [-0.25, -0.2) is 13.2 Å². The van der Waals surface area contributed by atoms with E-state index in [4.69, 9.17) is 18.9 Å². The van der Waals surface area contributed by atoms with Gasteiger partial charge in [-0.1, -0.05) is 6.42 Å². The minimum absolute atomic E-state index is 0.0472. The molecule has 0 spiro atoms. The van der Waals surface area contributed by atoms with E-state index in [1.807, 2.05) is 0 Å². The lowest BCUT2D eigenvalue weighted by Gasteiger charge is -2.26. The van der Waals surface area contributed by atoms with Crippen molar-refractivity contribution in [1.29, 1.82) is 0 Å². The Morgan fingerprint density at radius 2 is 1.56 bits per heavy atom.